The second-order valence-electron chi connectivity index (χ2n) is 8.22. The van der Waals surface area contributed by atoms with Gasteiger partial charge < -0.3 is 14.7 Å². The van der Waals surface area contributed by atoms with E-state index in [4.69, 9.17) is 21.2 Å². The van der Waals surface area contributed by atoms with Gasteiger partial charge in [-0.1, -0.05) is 59.2 Å². The molecular formula is C24H30ClN3O3. The summed E-state index contributed by atoms with van der Waals surface area (Å²) in [4.78, 5) is 10.3. The summed E-state index contributed by atoms with van der Waals surface area (Å²) >= 11 is 6.00. The zero-order chi connectivity index (χ0) is 21.5. The zero-order valence-electron chi connectivity index (χ0n) is 17.7. The van der Waals surface area contributed by atoms with E-state index in [0.717, 1.165) is 50.5 Å². The Morgan fingerprint density at radius 1 is 1.10 bits per heavy atom. The van der Waals surface area contributed by atoms with E-state index in [2.05, 4.69) is 27.1 Å². The highest BCUT2D eigenvalue weighted by Gasteiger charge is 2.26. The van der Waals surface area contributed by atoms with Gasteiger partial charge in [0.1, 0.15) is 6.10 Å². The van der Waals surface area contributed by atoms with Crippen molar-refractivity contribution < 1.29 is 14.7 Å². The van der Waals surface area contributed by atoms with Gasteiger partial charge in [0.05, 0.1) is 25.0 Å². The molecule has 0 aliphatic carbocycles. The Morgan fingerprint density at radius 2 is 1.84 bits per heavy atom. The van der Waals surface area contributed by atoms with Gasteiger partial charge in [0.2, 0.25) is 0 Å². The summed E-state index contributed by atoms with van der Waals surface area (Å²) in [6.07, 6.45) is 0.275. The van der Waals surface area contributed by atoms with Crippen LogP contribution in [0, 0.1) is 0 Å². The molecule has 1 N–H and O–H groups in total. The number of β-amino-alcohol motifs (C(OH)–C–C–N with tert-alkyl or cyclic N) is 1. The first-order valence-electron chi connectivity index (χ1n) is 10.9. The lowest BCUT2D eigenvalue weighted by Gasteiger charge is -2.31. The summed E-state index contributed by atoms with van der Waals surface area (Å²) in [5, 5.41) is 15.8. The maximum absolute atomic E-state index is 10.8. The van der Waals surface area contributed by atoms with Crippen LogP contribution in [0.4, 0.5) is 0 Å². The first-order chi connectivity index (χ1) is 15.2. The molecule has 2 atom stereocenters. The van der Waals surface area contributed by atoms with E-state index in [-0.39, 0.29) is 6.10 Å². The first-order valence-corrected chi connectivity index (χ1v) is 11.3. The van der Waals surface area contributed by atoms with Gasteiger partial charge in [0.15, 0.2) is 0 Å². The third-order valence-corrected chi connectivity index (χ3v) is 5.91. The molecule has 0 radical (unpaired) electrons. The zero-order valence-corrected chi connectivity index (χ0v) is 18.5. The minimum atomic E-state index is -0.431. The van der Waals surface area contributed by atoms with Crippen LogP contribution in [0.2, 0.25) is 5.02 Å². The van der Waals surface area contributed by atoms with Crippen LogP contribution in [0.15, 0.2) is 59.8 Å². The number of benzene rings is 2. The van der Waals surface area contributed by atoms with E-state index >= 15 is 0 Å². The monoisotopic (exact) mass is 443 g/mol. The number of oxime groups is 1. The minimum absolute atomic E-state index is 0.0371. The summed E-state index contributed by atoms with van der Waals surface area (Å²) in [7, 11) is 0. The largest absolute Gasteiger partial charge is 0.390 e. The van der Waals surface area contributed by atoms with Gasteiger partial charge in [-0.3, -0.25) is 9.80 Å². The Bertz CT molecular complexity index is 841. The molecule has 0 bridgehead atoms. The van der Waals surface area contributed by atoms with E-state index < -0.39 is 6.10 Å². The molecule has 2 aliphatic heterocycles. The van der Waals surface area contributed by atoms with Crippen molar-refractivity contribution >= 4 is 17.3 Å². The van der Waals surface area contributed by atoms with Gasteiger partial charge in [-0.15, -0.1) is 0 Å². The lowest BCUT2D eigenvalue weighted by atomic mass is 10.0. The van der Waals surface area contributed by atoms with Gasteiger partial charge in [0, 0.05) is 50.7 Å². The van der Waals surface area contributed by atoms with E-state index in [1.807, 2.05) is 42.5 Å². The van der Waals surface area contributed by atoms with Gasteiger partial charge in [-0.25, -0.2) is 0 Å². The van der Waals surface area contributed by atoms with Crippen molar-refractivity contribution in [2.75, 3.05) is 45.9 Å². The smallest absolute Gasteiger partial charge is 0.145 e. The SMILES string of the molecule is OC(CN1CCOCC1)CN(Cc1ccccc1)CC1CC(c2ccc(Cl)cc2)=NO1. The van der Waals surface area contributed by atoms with Crippen molar-refractivity contribution in [3.05, 3.63) is 70.7 Å². The van der Waals surface area contributed by atoms with Gasteiger partial charge in [0.25, 0.3) is 0 Å². The van der Waals surface area contributed by atoms with Gasteiger partial charge in [-0.05, 0) is 23.3 Å². The molecule has 1 fully saturated rings. The Labute approximate surface area is 189 Å². The number of rotatable bonds is 9. The third-order valence-electron chi connectivity index (χ3n) is 5.66. The van der Waals surface area contributed by atoms with Crippen molar-refractivity contribution in [1.82, 2.24) is 9.80 Å². The molecule has 2 aromatic rings. The normalized spacial score (nSPS) is 20.5. The molecule has 0 aromatic heterocycles. The molecule has 2 aromatic carbocycles. The van der Waals surface area contributed by atoms with E-state index in [1.165, 1.54) is 5.56 Å². The molecule has 2 heterocycles. The van der Waals surface area contributed by atoms with Crippen LogP contribution in [0.1, 0.15) is 17.5 Å². The maximum Gasteiger partial charge on any atom is 0.145 e. The van der Waals surface area contributed by atoms with Crippen molar-refractivity contribution in [1.29, 1.82) is 0 Å². The Hall–Kier alpha value is -1.96. The molecule has 0 saturated carbocycles. The van der Waals surface area contributed by atoms with Crippen LogP contribution in [0.25, 0.3) is 0 Å². The van der Waals surface area contributed by atoms with E-state index in [0.29, 0.717) is 24.7 Å². The van der Waals surface area contributed by atoms with Crippen LogP contribution in [-0.4, -0.2) is 78.8 Å². The molecular weight excluding hydrogens is 414 g/mol. The molecule has 31 heavy (non-hydrogen) atoms. The van der Waals surface area contributed by atoms with Crippen LogP contribution < -0.4 is 0 Å². The summed E-state index contributed by atoms with van der Waals surface area (Å²) in [5.74, 6) is 0. The van der Waals surface area contributed by atoms with Crippen LogP contribution in [0.3, 0.4) is 0 Å². The number of halogens is 1. The summed E-state index contributed by atoms with van der Waals surface area (Å²) in [6.45, 7) is 5.93. The lowest BCUT2D eigenvalue weighted by molar-refractivity contribution is -0.00265. The molecule has 6 nitrogen and oxygen atoms in total. The molecule has 2 unspecified atom stereocenters. The van der Waals surface area contributed by atoms with Crippen LogP contribution in [0.5, 0.6) is 0 Å². The predicted octanol–water partition coefficient (Wildman–Crippen LogP) is 3.03. The molecule has 1 saturated heterocycles. The summed E-state index contributed by atoms with van der Waals surface area (Å²) < 4.78 is 5.41. The van der Waals surface area contributed by atoms with Crippen molar-refractivity contribution in [3.8, 4) is 0 Å². The third kappa shape index (κ3) is 6.76. The minimum Gasteiger partial charge on any atom is -0.390 e. The standard InChI is InChI=1S/C24H30ClN3O3/c25-21-8-6-20(7-9-21)24-14-23(31-26-24)18-28(15-19-4-2-1-3-5-19)17-22(29)16-27-10-12-30-13-11-27/h1-9,22-23,29H,10-18H2. The van der Waals surface area contributed by atoms with Crippen molar-refractivity contribution in [2.24, 2.45) is 5.16 Å². The molecule has 0 amide bonds. The number of hydrogen-bond acceptors (Lipinski definition) is 6. The molecule has 166 valence electrons. The second-order valence-corrected chi connectivity index (χ2v) is 8.66. The maximum atomic E-state index is 10.8. The number of hydrogen-bond donors (Lipinski definition) is 1. The Morgan fingerprint density at radius 3 is 2.58 bits per heavy atom. The van der Waals surface area contributed by atoms with E-state index in [9.17, 15) is 5.11 Å². The fraction of sp³-hybridized carbons (Fsp3) is 0.458. The Kier molecular flexibility index (Phi) is 7.94. The topological polar surface area (TPSA) is 57.5 Å². The summed E-state index contributed by atoms with van der Waals surface area (Å²) in [6, 6.07) is 18.0. The average Bonchev–Trinajstić information content (AvgIpc) is 3.24. The highest BCUT2D eigenvalue weighted by atomic mass is 35.5. The highest BCUT2D eigenvalue weighted by molar-refractivity contribution is 6.30. The quantitative estimate of drug-likeness (QED) is 0.645. The second kappa shape index (κ2) is 11.1. The van der Waals surface area contributed by atoms with Gasteiger partial charge >= 0.3 is 0 Å². The first kappa shape index (κ1) is 22.2. The van der Waals surface area contributed by atoms with Crippen LogP contribution >= 0.6 is 11.6 Å². The Balaban J connectivity index is 1.35. The van der Waals surface area contributed by atoms with Crippen LogP contribution in [-0.2, 0) is 16.1 Å². The number of morpholine rings is 1. The van der Waals surface area contributed by atoms with E-state index in [1.54, 1.807) is 0 Å². The summed E-state index contributed by atoms with van der Waals surface area (Å²) in [5.41, 5.74) is 3.20. The fourth-order valence-corrected chi connectivity index (χ4v) is 4.24. The number of ether oxygens (including phenoxy) is 1. The number of aliphatic hydroxyl groups is 1. The fourth-order valence-electron chi connectivity index (χ4n) is 4.11. The molecule has 7 heteroatoms. The predicted molar refractivity (Wildman–Crippen MR) is 122 cm³/mol. The van der Waals surface area contributed by atoms with Crippen molar-refractivity contribution in [3.63, 3.8) is 0 Å². The molecule has 4 rings (SSSR count). The highest BCUT2D eigenvalue weighted by Crippen LogP contribution is 2.20. The van der Waals surface area contributed by atoms with Crippen molar-refractivity contribution in [2.45, 2.75) is 25.2 Å². The molecule has 2 aliphatic rings. The lowest BCUT2D eigenvalue weighted by Crippen LogP contribution is -2.45. The molecule has 0 spiro atoms. The average molecular weight is 444 g/mol. The van der Waals surface area contributed by atoms with Gasteiger partial charge in [-0.2, -0.15) is 0 Å². The number of nitrogens with zero attached hydrogens (tertiary/aromatic N) is 3. The number of aliphatic hydroxyl groups excluding tert-OH is 1.